The Kier molecular flexibility index (Phi) is 8.04. The molecule has 0 heterocycles. The first-order chi connectivity index (χ1) is 13.3. The first-order valence-corrected chi connectivity index (χ1v) is 9.52. The maximum atomic E-state index is 12.3. The number of hydrogen-bond donors (Lipinski definition) is 3. The molecule has 9 heteroatoms. The van der Waals surface area contributed by atoms with Gasteiger partial charge >= 0.3 is 0 Å². The summed E-state index contributed by atoms with van der Waals surface area (Å²) in [5.74, 6) is -0.00783. The van der Waals surface area contributed by atoms with Crippen molar-refractivity contribution < 1.29 is 14.3 Å². The summed E-state index contributed by atoms with van der Waals surface area (Å²) in [6.07, 6.45) is 0. The third kappa shape index (κ3) is 6.67. The standard InChI is InChI=1S/C19H19Cl2N3O3S/c1-11(2)10-27-14-5-3-4-12(8-14)17(25)22-19(28)24-23-18(26)15-7-6-13(20)9-16(15)21/h3-9,11H,10H2,1-2H3,(H,23,26)(H2,22,24,25,28). The second-order valence-electron chi connectivity index (χ2n) is 6.22. The van der Waals surface area contributed by atoms with Crippen LogP contribution in [-0.4, -0.2) is 23.5 Å². The quantitative estimate of drug-likeness (QED) is 0.484. The van der Waals surface area contributed by atoms with Crippen molar-refractivity contribution >= 4 is 52.3 Å². The Morgan fingerprint density at radius 2 is 1.82 bits per heavy atom. The fourth-order valence-electron chi connectivity index (χ4n) is 2.05. The zero-order valence-corrected chi connectivity index (χ0v) is 17.5. The van der Waals surface area contributed by atoms with Gasteiger partial charge in [-0.3, -0.25) is 25.8 Å². The van der Waals surface area contributed by atoms with Crippen molar-refractivity contribution in [3.05, 3.63) is 63.6 Å². The Labute approximate surface area is 178 Å². The van der Waals surface area contributed by atoms with E-state index in [2.05, 4.69) is 16.2 Å². The lowest BCUT2D eigenvalue weighted by molar-refractivity contribution is 0.0934. The summed E-state index contributed by atoms with van der Waals surface area (Å²) >= 11 is 16.8. The van der Waals surface area contributed by atoms with Crippen LogP contribution in [0.25, 0.3) is 0 Å². The number of rotatable bonds is 5. The molecule has 0 aliphatic carbocycles. The highest BCUT2D eigenvalue weighted by molar-refractivity contribution is 7.80. The second-order valence-corrected chi connectivity index (χ2v) is 7.47. The number of amides is 2. The highest BCUT2D eigenvalue weighted by Gasteiger charge is 2.13. The maximum Gasteiger partial charge on any atom is 0.271 e. The molecule has 0 aromatic heterocycles. The van der Waals surface area contributed by atoms with Gasteiger partial charge in [0.15, 0.2) is 5.11 Å². The van der Waals surface area contributed by atoms with Gasteiger partial charge in [0.05, 0.1) is 17.2 Å². The molecule has 0 spiro atoms. The minimum absolute atomic E-state index is 0.0723. The average Bonchev–Trinajstić information content (AvgIpc) is 2.64. The van der Waals surface area contributed by atoms with E-state index in [4.69, 9.17) is 40.2 Å². The third-order valence-corrected chi connectivity index (χ3v) is 4.12. The van der Waals surface area contributed by atoms with Crippen molar-refractivity contribution in [3.8, 4) is 5.75 Å². The first kappa shape index (κ1) is 21.9. The molecule has 6 nitrogen and oxygen atoms in total. The molecule has 2 aromatic carbocycles. The number of carbonyl (C=O) groups excluding carboxylic acids is 2. The summed E-state index contributed by atoms with van der Waals surface area (Å²) in [5.41, 5.74) is 5.40. The third-order valence-electron chi connectivity index (χ3n) is 3.37. The summed E-state index contributed by atoms with van der Waals surface area (Å²) < 4.78 is 5.60. The van der Waals surface area contributed by atoms with Crippen molar-refractivity contribution in [2.24, 2.45) is 5.92 Å². The molecule has 148 valence electrons. The summed E-state index contributed by atoms with van der Waals surface area (Å²) in [4.78, 5) is 24.4. The molecular formula is C19H19Cl2N3O3S. The highest BCUT2D eigenvalue weighted by atomic mass is 35.5. The van der Waals surface area contributed by atoms with Crippen LogP contribution in [0, 0.1) is 5.92 Å². The molecule has 0 atom stereocenters. The van der Waals surface area contributed by atoms with Crippen LogP contribution in [0.15, 0.2) is 42.5 Å². The van der Waals surface area contributed by atoms with E-state index in [9.17, 15) is 9.59 Å². The zero-order chi connectivity index (χ0) is 20.7. The first-order valence-electron chi connectivity index (χ1n) is 8.36. The van der Waals surface area contributed by atoms with Crippen molar-refractivity contribution in [1.29, 1.82) is 0 Å². The topological polar surface area (TPSA) is 79.5 Å². The van der Waals surface area contributed by atoms with Gasteiger partial charge in [-0.1, -0.05) is 43.1 Å². The SMILES string of the molecule is CC(C)COc1cccc(C(=O)NC(=S)NNC(=O)c2ccc(Cl)cc2Cl)c1. The van der Waals surface area contributed by atoms with Gasteiger partial charge in [0.1, 0.15) is 5.75 Å². The zero-order valence-electron chi connectivity index (χ0n) is 15.2. The Morgan fingerprint density at radius 3 is 2.50 bits per heavy atom. The van der Waals surface area contributed by atoms with Gasteiger partial charge < -0.3 is 4.74 Å². The van der Waals surface area contributed by atoms with Crippen LogP contribution in [0.4, 0.5) is 0 Å². The van der Waals surface area contributed by atoms with Crippen molar-refractivity contribution in [2.75, 3.05) is 6.61 Å². The van der Waals surface area contributed by atoms with E-state index in [-0.39, 0.29) is 15.7 Å². The van der Waals surface area contributed by atoms with E-state index in [1.165, 1.54) is 18.2 Å². The number of carbonyl (C=O) groups is 2. The Morgan fingerprint density at radius 1 is 1.07 bits per heavy atom. The number of benzene rings is 2. The molecule has 3 N–H and O–H groups in total. The lowest BCUT2D eigenvalue weighted by Gasteiger charge is -2.12. The number of halogens is 2. The molecule has 0 fully saturated rings. The summed E-state index contributed by atoms with van der Waals surface area (Å²) in [6, 6.07) is 11.2. The minimum Gasteiger partial charge on any atom is -0.493 e. The van der Waals surface area contributed by atoms with Gasteiger partial charge in [-0.25, -0.2) is 0 Å². The minimum atomic E-state index is -0.526. The van der Waals surface area contributed by atoms with Crippen molar-refractivity contribution in [3.63, 3.8) is 0 Å². The van der Waals surface area contributed by atoms with Crippen LogP contribution in [0.3, 0.4) is 0 Å². The van der Waals surface area contributed by atoms with Crippen molar-refractivity contribution in [1.82, 2.24) is 16.2 Å². The predicted molar refractivity (Wildman–Crippen MR) is 114 cm³/mol. The smallest absolute Gasteiger partial charge is 0.271 e. The molecule has 0 saturated heterocycles. The highest BCUT2D eigenvalue weighted by Crippen LogP contribution is 2.20. The lowest BCUT2D eigenvalue weighted by atomic mass is 10.2. The van der Waals surface area contributed by atoms with E-state index in [0.717, 1.165) is 0 Å². The largest absolute Gasteiger partial charge is 0.493 e. The van der Waals surface area contributed by atoms with Gasteiger partial charge in [0.25, 0.3) is 11.8 Å². The number of hydrogen-bond acceptors (Lipinski definition) is 4. The molecule has 0 bridgehead atoms. The van der Waals surface area contributed by atoms with E-state index < -0.39 is 11.8 Å². The van der Waals surface area contributed by atoms with Crippen molar-refractivity contribution in [2.45, 2.75) is 13.8 Å². The van der Waals surface area contributed by atoms with Crippen LogP contribution in [0.1, 0.15) is 34.6 Å². The molecule has 2 amide bonds. The molecule has 2 aromatic rings. The Hall–Kier alpha value is -2.35. The van der Waals surface area contributed by atoms with Crippen LogP contribution in [-0.2, 0) is 0 Å². The molecule has 0 radical (unpaired) electrons. The number of ether oxygens (including phenoxy) is 1. The van der Waals surface area contributed by atoms with Gasteiger partial charge in [0.2, 0.25) is 0 Å². The molecule has 0 aliphatic heterocycles. The normalized spacial score (nSPS) is 10.3. The predicted octanol–water partition coefficient (Wildman–Crippen LogP) is 3.98. The molecule has 0 aliphatic rings. The van der Waals surface area contributed by atoms with E-state index in [0.29, 0.717) is 28.9 Å². The molecule has 0 saturated carbocycles. The summed E-state index contributed by atoms with van der Waals surface area (Å²) in [6.45, 7) is 4.61. The number of nitrogens with one attached hydrogen (secondary N) is 3. The van der Waals surface area contributed by atoms with Gasteiger partial charge in [-0.2, -0.15) is 0 Å². The molecule has 0 unspecified atom stereocenters. The van der Waals surface area contributed by atoms with Gasteiger partial charge in [-0.05, 0) is 54.5 Å². The monoisotopic (exact) mass is 439 g/mol. The van der Waals surface area contributed by atoms with Crippen LogP contribution < -0.4 is 20.9 Å². The Balaban J connectivity index is 1.89. The fourth-order valence-corrected chi connectivity index (χ4v) is 2.69. The van der Waals surface area contributed by atoms with Crippen LogP contribution in [0.5, 0.6) is 5.75 Å². The molecular weight excluding hydrogens is 421 g/mol. The van der Waals surface area contributed by atoms with E-state index in [1.54, 1.807) is 24.3 Å². The summed E-state index contributed by atoms with van der Waals surface area (Å²) in [5, 5.41) is 3.01. The second kappa shape index (κ2) is 10.3. The van der Waals surface area contributed by atoms with E-state index in [1.807, 2.05) is 13.8 Å². The fraction of sp³-hybridized carbons (Fsp3) is 0.211. The van der Waals surface area contributed by atoms with Crippen LogP contribution >= 0.6 is 35.4 Å². The van der Waals surface area contributed by atoms with Gasteiger partial charge in [0, 0.05) is 10.6 Å². The molecule has 28 heavy (non-hydrogen) atoms. The average molecular weight is 440 g/mol. The van der Waals surface area contributed by atoms with E-state index >= 15 is 0 Å². The lowest BCUT2D eigenvalue weighted by Crippen LogP contribution is -2.48. The van der Waals surface area contributed by atoms with Crippen LogP contribution in [0.2, 0.25) is 10.0 Å². The number of hydrazine groups is 1. The Bertz CT molecular complexity index is 890. The van der Waals surface area contributed by atoms with Gasteiger partial charge in [-0.15, -0.1) is 0 Å². The number of thiocarbonyl (C=S) groups is 1. The molecule has 2 rings (SSSR count). The maximum absolute atomic E-state index is 12.3. The summed E-state index contributed by atoms with van der Waals surface area (Å²) in [7, 11) is 0.